The van der Waals surface area contributed by atoms with E-state index in [1.54, 1.807) is 13.8 Å². The van der Waals surface area contributed by atoms with Crippen LogP contribution in [0.4, 0.5) is 0 Å². The molecule has 0 bridgehead atoms. The van der Waals surface area contributed by atoms with Crippen LogP contribution in [-0.2, 0) is 14.3 Å². The highest BCUT2D eigenvalue weighted by Crippen LogP contribution is 2.30. The van der Waals surface area contributed by atoms with Gasteiger partial charge in [0.05, 0.1) is 11.8 Å². The maximum absolute atomic E-state index is 12.3. The summed E-state index contributed by atoms with van der Waals surface area (Å²) in [6, 6.07) is 0. The van der Waals surface area contributed by atoms with Crippen LogP contribution in [0.3, 0.4) is 0 Å². The first-order valence-corrected chi connectivity index (χ1v) is 6.14. The van der Waals surface area contributed by atoms with Crippen LogP contribution in [0.25, 0.3) is 0 Å². The van der Waals surface area contributed by atoms with E-state index in [-0.39, 0.29) is 18.9 Å². The number of nitrogens with two attached hydrogens (primary N) is 1. The molecule has 0 aromatic heterocycles. The van der Waals surface area contributed by atoms with Gasteiger partial charge in [0.2, 0.25) is 5.91 Å². The number of hydrogen-bond donors (Lipinski definition) is 3. The van der Waals surface area contributed by atoms with Crippen molar-refractivity contribution in [1.82, 2.24) is 5.32 Å². The predicted molar refractivity (Wildman–Crippen MR) is 66.0 cm³/mol. The van der Waals surface area contributed by atoms with E-state index in [0.717, 1.165) is 0 Å². The largest absolute Gasteiger partial charge is 0.481 e. The van der Waals surface area contributed by atoms with E-state index in [1.807, 2.05) is 0 Å². The van der Waals surface area contributed by atoms with Crippen LogP contribution in [0.2, 0.25) is 0 Å². The van der Waals surface area contributed by atoms with Crippen molar-refractivity contribution in [1.29, 1.82) is 0 Å². The number of aliphatic carboxylic acids is 1. The number of ether oxygens (including phenoxy) is 1. The molecule has 1 saturated heterocycles. The normalized spacial score (nSPS) is 19.3. The molecule has 6 heteroatoms. The molecular weight excluding hydrogens is 236 g/mol. The minimum Gasteiger partial charge on any atom is -0.481 e. The van der Waals surface area contributed by atoms with Gasteiger partial charge in [0.25, 0.3) is 0 Å². The fraction of sp³-hybridized carbons (Fsp3) is 0.833. The van der Waals surface area contributed by atoms with Gasteiger partial charge >= 0.3 is 5.97 Å². The van der Waals surface area contributed by atoms with Crippen LogP contribution in [0, 0.1) is 5.41 Å². The molecular formula is C12H22N2O4. The topological polar surface area (TPSA) is 102 Å². The lowest BCUT2D eigenvalue weighted by molar-refractivity contribution is -0.141. The Hall–Kier alpha value is -1.14. The summed E-state index contributed by atoms with van der Waals surface area (Å²) in [7, 11) is 0. The van der Waals surface area contributed by atoms with Gasteiger partial charge in [-0.2, -0.15) is 0 Å². The molecule has 1 aliphatic heterocycles. The maximum Gasteiger partial charge on any atom is 0.305 e. The van der Waals surface area contributed by atoms with E-state index in [9.17, 15) is 9.59 Å². The second-order valence-corrected chi connectivity index (χ2v) is 5.51. The number of carboxylic acid groups (broad SMARTS) is 1. The highest BCUT2D eigenvalue weighted by Gasteiger charge is 2.41. The minimum absolute atomic E-state index is 0.115. The highest BCUT2D eigenvalue weighted by atomic mass is 16.5. The van der Waals surface area contributed by atoms with Gasteiger partial charge in [-0.05, 0) is 26.7 Å². The maximum atomic E-state index is 12.3. The number of carboxylic acids is 1. The Morgan fingerprint density at radius 2 is 1.94 bits per heavy atom. The zero-order valence-corrected chi connectivity index (χ0v) is 11.0. The summed E-state index contributed by atoms with van der Waals surface area (Å²) in [5, 5.41) is 11.6. The van der Waals surface area contributed by atoms with Crippen LogP contribution >= 0.6 is 0 Å². The lowest BCUT2D eigenvalue weighted by Gasteiger charge is -2.37. The van der Waals surface area contributed by atoms with Crippen molar-refractivity contribution in [3.05, 3.63) is 0 Å². The average Bonchev–Trinajstić information content (AvgIpc) is 2.27. The molecule has 1 amide bonds. The van der Waals surface area contributed by atoms with E-state index in [0.29, 0.717) is 26.1 Å². The Morgan fingerprint density at radius 1 is 1.39 bits per heavy atom. The molecule has 0 aromatic carbocycles. The summed E-state index contributed by atoms with van der Waals surface area (Å²) in [5.41, 5.74) is 4.34. The molecule has 0 spiro atoms. The first-order chi connectivity index (χ1) is 8.31. The van der Waals surface area contributed by atoms with Gasteiger partial charge in [0.15, 0.2) is 0 Å². The lowest BCUT2D eigenvalue weighted by Crippen LogP contribution is -2.55. The molecule has 4 N–H and O–H groups in total. The molecule has 1 rings (SSSR count). The van der Waals surface area contributed by atoms with Crippen molar-refractivity contribution in [2.24, 2.45) is 11.1 Å². The van der Waals surface area contributed by atoms with Crippen molar-refractivity contribution in [3.8, 4) is 0 Å². The zero-order chi connectivity index (χ0) is 13.8. The molecule has 1 fully saturated rings. The van der Waals surface area contributed by atoms with Crippen LogP contribution in [-0.4, -0.2) is 42.3 Å². The average molecular weight is 258 g/mol. The summed E-state index contributed by atoms with van der Waals surface area (Å²) in [4.78, 5) is 23.0. The van der Waals surface area contributed by atoms with E-state index in [4.69, 9.17) is 15.6 Å². The smallest absolute Gasteiger partial charge is 0.305 e. The third-order valence-corrected chi connectivity index (χ3v) is 3.37. The molecule has 18 heavy (non-hydrogen) atoms. The van der Waals surface area contributed by atoms with E-state index < -0.39 is 16.9 Å². The Labute approximate surface area is 107 Å². The van der Waals surface area contributed by atoms with Crippen molar-refractivity contribution >= 4 is 11.9 Å². The van der Waals surface area contributed by atoms with E-state index >= 15 is 0 Å². The number of amides is 1. The van der Waals surface area contributed by atoms with Crippen LogP contribution in [0.1, 0.15) is 33.1 Å². The molecule has 6 nitrogen and oxygen atoms in total. The first kappa shape index (κ1) is 14.9. The second kappa shape index (κ2) is 5.67. The quantitative estimate of drug-likeness (QED) is 0.649. The predicted octanol–water partition coefficient (Wildman–Crippen LogP) is 0.111. The number of carbonyl (C=O) groups excluding carboxylic acids is 1. The molecule has 0 aliphatic carbocycles. The fourth-order valence-corrected chi connectivity index (χ4v) is 2.15. The molecule has 1 heterocycles. The Balaban J connectivity index is 2.70. The number of nitrogens with one attached hydrogen (secondary N) is 1. The van der Waals surface area contributed by atoms with Crippen molar-refractivity contribution in [2.75, 3.05) is 19.8 Å². The fourth-order valence-electron chi connectivity index (χ4n) is 2.15. The monoisotopic (exact) mass is 258 g/mol. The third kappa shape index (κ3) is 3.68. The molecule has 0 unspecified atom stereocenters. The molecule has 0 atom stereocenters. The van der Waals surface area contributed by atoms with Gasteiger partial charge in [0.1, 0.15) is 0 Å². The summed E-state index contributed by atoms with van der Waals surface area (Å²) < 4.78 is 5.24. The SMILES string of the molecule is CC(C)(CC(=O)O)NC(=O)C1(CN)CCOCC1. The van der Waals surface area contributed by atoms with Gasteiger partial charge in [-0.25, -0.2) is 0 Å². The highest BCUT2D eigenvalue weighted by molar-refractivity contribution is 5.84. The molecule has 1 aliphatic rings. The van der Waals surface area contributed by atoms with Gasteiger partial charge in [0, 0.05) is 25.3 Å². The van der Waals surface area contributed by atoms with Gasteiger partial charge in [-0.3, -0.25) is 9.59 Å². The van der Waals surface area contributed by atoms with E-state index in [1.165, 1.54) is 0 Å². The van der Waals surface area contributed by atoms with Crippen molar-refractivity contribution < 1.29 is 19.4 Å². The third-order valence-electron chi connectivity index (χ3n) is 3.37. The molecule has 0 radical (unpaired) electrons. The summed E-state index contributed by atoms with van der Waals surface area (Å²) in [6.45, 7) is 4.68. The van der Waals surface area contributed by atoms with Gasteiger partial charge in [-0.1, -0.05) is 0 Å². The van der Waals surface area contributed by atoms with Crippen molar-refractivity contribution in [2.45, 2.75) is 38.6 Å². The number of carbonyl (C=O) groups is 2. The van der Waals surface area contributed by atoms with Crippen LogP contribution in [0.15, 0.2) is 0 Å². The van der Waals surface area contributed by atoms with E-state index in [2.05, 4.69) is 5.32 Å². The lowest BCUT2D eigenvalue weighted by atomic mass is 9.78. The van der Waals surface area contributed by atoms with Gasteiger partial charge in [-0.15, -0.1) is 0 Å². The Bertz CT molecular complexity index is 322. The summed E-state index contributed by atoms with van der Waals surface area (Å²) in [6.07, 6.45) is 1.05. The Kier molecular flexibility index (Phi) is 4.70. The van der Waals surface area contributed by atoms with Crippen molar-refractivity contribution in [3.63, 3.8) is 0 Å². The molecule has 0 aromatic rings. The second-order valence-electron chi connectivity index (χ2n) is 5.51. The van der Waals surface area contributed by atoms with Gasteiger partial charge < -0.3 is 20.9 Å². The molecule has 104 valence electrons. The minimum atomic E-state index is -0.936. The first-order valence-electron chi connectivity index (χ1n) is 6.14. The number of hydrogen-bond acceptors (Lipinski definition) is 4. The summed E-state index contributed by atoms with van der Waals surface area (Å²) >= 11 is 0. The number of rotatable bonds is 5. The Morgan fingerprint density at radius 3 is 2.39 bits per heavy atom. The van der Waals surface area contributed by atoms with Crippen LogP contribution < -0.4 is 11.1 Å². The molecule has 0 saturated carbocycles. The summed E-state index contributed by atoms with van der Waals surface area (Å²) in [5.74, 6) is -1.10. The standard InChI is InChI=1S/C12H22N2O4/c1-11(2,7-9(15)16)14-10(17)12(8-13)3-5-18-6-4-12/h3-8,13H2,1-2H3,(H,14,17)(H,15,16). The van der Waals surface area contributed by atoms with Crippen LogP contribution in [0.5, 0.6) is 0 Å². The zero-order valence-electron chi connectivity index (χ0n) is 11.0.